The molecule has 1 unspecified atom stereocenters. The van der Waals surface area contributed by atoms with Crippen molar-refractivity contribution in [3.05, 3.63) is 12.2 Å². The summed E-state index contributed by atoms with van der Waals surface area (Å²) in [6, 6.07) is 0. The van der Waals surface area contributed by atoms with Crippen molar-refractivity contribution < 1.29 is 14.2 Å². The predicted molar refractivity (Wildman–Crippen MR) is 103 cm³/mol. The maximum Gasteiger partial charge on any atom is 0.155 e. The topological polar surface area (TPSA) is 30.9 Å². The zero-order valence-corrected chi connectivity index (χ0v) is 17.0. The normalized spacial score (nSPS) is 47.3. The number of nitrogens with zero attached hydrogens (tertiary/aromatic N) is 1. The van der Waals surface area contributed by atoms with E-state index in [0.29, 0.717) is 23.4 Å². The molecule has 4 heteroatoms. The Balaban J connectivity index is 1.51. The van der Waals surface area contributed by atoms with E-state index in [-0.39, 0.29) is 11.7 Å². The zero-order valence-electron chi connectivity index (χ0n) is 17.0. The van der Waals surface area contributed by atoms with E-state index in [4.69, 9.17) is 14.2 Å². The first kappa shape index (κ1) is 18.9. The fourth-order valence-electron chi connectivity index (χ4n) is 6.63. The quantitative estimate of drug-likeness (QED) is 0.713. The van der Waals surface area contributed by atoms with E-state index in [0.717, 1.165) is 32.9 Å². The van der Waals surface area contributed by atoms with E-state index in [9.17, 15) is 0 Å². The van der Waals surface area contributed by atoms with Crippen molar-refractivity contribution in [1.29, 1.82) is 0 Å². The standard InChI is InChI=1S/C22H37NO3/c1-16-5-6-19-21(3,18(16)8-10-23-11-13-24-14-12-23)9-7-20-22(19,4)15-25-17(2)26-20/h17-20H,1,5-15H2,2-4H3/t17-,18-,19?,20-,21+,22+/m1/s1. The molecule has 6 atom stereocenters. The molecule has 0 aromatic rings. The van der Waals surface area contributed by atoms with Gasteiger partial charge in [0, 0.05) is 18.5 Å². The molecule has 0 aromatic carbocycles. The Bertz CT molecular complexity index is 531. The fourth-order valence-corrected chi connectivity index (χ4v) is 6.63. The Morgan fingerprint density at radius 2 is 1.92 bits per heavy atom. The molecule has 2 saturated heterocycles. The van der Waals surface area contributed by atoms with Gasteiger partial charge in [-0.3, -0.25) is 4.90 Å². The second kappa shape index (κ2) is 7.20. The van der Waals surface area contributed by atoms with Gasteiger partial charge in [0.1, 0.15) is 0 Å². The summed E-state index contributed by atoms with van der Waals surface area (Å²) in [6.45, 7) is 17.5. The van der Waals surface area contributed by atoms with Crippen molar-refractivity contribution >= 4 is 0 Å². The van der Waals surface area contributed by atoms with Gasteiger partial charge in [0.2, 0.25) is 0 Å². The van der Waals surface area contributed by atoms with Crippen LogP contribution in [0.5, 0.6) is 0 Å². The van der Waals surface area contributed by atoms with Gasteiger partial charge in [-0.15, -0.1) is 0 Å². The third kappa shape index (κ3) is 3.17. The van der Waals surface area contributed by atoms with Gasteiger partial charge >= 0.3 is 0 Å². The summed E-state index contributed by atoms with van der Waals surface area (Å²) >= 11 is 0. The summed E-state index contributed by atoms with van der Waals surface area (Å²) in [6.07, 6.45) is 6.40. The molecule has 0 bridgehead atoms. The van der Waals surface area contributed by atoms with Crippen molar-refractivity contribution in [3.8, 4) is 0 Å². The first-order valence-electron chi connectivity index (χ1n) is 10.7. The largest absolute Gasteiger partial charge is 0.379 e. The number of morpholine rings is 1. The second-order valence-corrected chi connectivity index (χ2v) is 9.60. The minimum absolute atomic E-state index is 0.0481. The average molecular weight is 364 g/mol. The van der Waals surface area contributed by atoms with E-state index in [2.05, 4.69) is 25.3 Å². The molecule has 0 amide bonds. The third-order valence-corrected chi connectivity index (χ3v) is 8.14. The SMILES string of the molecule is C=C1CCC2[C@]3(C)CO[C@@H](C)O[C@@H]3CC[C@@]2(C)[C@@H]1CCN1CCOCC1. The van der Waals surface area contributed by atoms with E-state index in [1.807, 2.05) is 6.92 Å². The highest BCUT2D eigenvalue weighted by Gasteiger charge is 2.59. The Kier molecular flexibility index (Phi) is 5.24. The minimum Gasteiger partial charge on any atom is -0.379 e. The molecule has 0 spiro atoms. The first-order valence-corrected chi connectivity index (χ1v) is 10.7. The molecule has 2 aliphatic carbocycles. The highest BCUT2D eigenvalue weighted by atomic mass is 16.7. The Hall–Kier alpha value is -0.420. The maximum absolute atomic E-state index is 6.24. The van der Waals surface area contributed by atoms with Crippen molar-refractivity contribution in [2.45, 2.75) is 65.3 Å². The third-order valence-electron chi connectivity index (χ3n) is 8.14. The molecule has 4 rings (SSSR count). The lowest BCUT2D eigenvalue weighted by molar-refractivity contribution is -0.297. The van der Waals surface area contributed by atoms with E-state index in [1.54, 1.807) is 0 Å². The van der Waals surface area contributed by atoms with Gasteiger partial charge in [0.05, 0.1) is 25.9 Å². The van der Waals surface area contributed by atoms with Gasteiger partial charge < -0.3 is 14.2 Å². The molecule has 2 aliphatic heterocycles. The van der Waals surface area contributed by atoms with Crippen molar-refractivity contribution in [1.82, 2.24) is 4.90 Å². The summed E-state index contributed by atoms with van der Waals surface area (Å²) in [5.74, 6) is 1.29. The maximum atomic E-state index is 6.24. The molecule has 4 aliphatic rings. The molecule has 148 valence electrons. The lowest BCUT2D eigenvalue weighted by Gasteiger charge is -2.62. The molecule has 0 N–H and O–H groups in total. The smallest absolute Gasteiger partial charge is 0.155 e. The molecule has 4 nitrogen and oxygen atoms in total. The zero-order chi connectivity index (χ0) is 18.4. The van der Waals surface area contributed by atoms with E-state index in [1.165, 1.54) is 44.2 Å². The van der Waals surface area contributed by atoms with Gasteiger partial charge in [0.25, 0.3) is 0 Å². The highest BCUT2D eigenvalue weighted by Crippen LogP contribution is 2.63. The van der Waals surface area contributed by atoms with Crippen LogP contribution in [0.4, 0.5) is 0 Å². The number of fused-ring (bicyclic) bond motifs is 3. The number of hydrogen-bond acceptors (Lipinski definition) is 4. The monoisotopic (exact) mass is 363 g/mol. The van der Waals surface area contributed by atoms with E-state index < -0.39 is 0 Å². The number of rotatable bonds is 3. The lowest BCUT2D eigenvalue weighted by atomic mass is 9.46. The predicted octanol–water partition coefficient (Wildman–Crippen LogP) is 3.86. The number of hydrogen-bond donors (Lipinski definition) is 0. The van der Waals surface area contributed by atoms with Gasteiger partial charge in [-0.2, -0.15) is 0 Å². The number of allylic oxidation sites excluding steroid dienone is 1. The van der Waals surface area contributed by atoms with Crippen LogP contribution in [0.3, 0.4) is 0 Å². The summed E-state index contributed by atoms with van der Waals surface area (Å²) < 4.78 is 17.7. The van der Waals surface area contributed by atoms with Gasteiger partial charge in [0.15, 0.2) is 6.29 Å². The Morgan fingerprint density at radius 1 is 1.15 bits per heavy atom. The molecule has 0 aromatic heterocycles. The molecular formula is C22H37NO3. The average Bonchev–Trinajstić information content (AvgIpc) is 2.62. The van der Waals surface area contributed by atoms with E-state index >= 15 is 0 Å². The van der Waals surface area contributed by atoms with Crippen LogP contribution in [-0.2, 0) is 14.2 Å². The van der Waals surface area contributed by atoms with Crippen LogP contribution in [-0.4, -0.2) is 56.7 Å². The van der Waals surface area contributed by atoms with Crippen molar-refractivity contribution in [2.24, 2.45) is 22.7 Å². The second-order valence-electron chi connectivity index (χ2n) is 9.60. The van der Waals surface area contributed by atoms with Crippen molar-refractivity contribution in [3.63, 3.8) is 0 Å². The molecule has 26 heavy (non-hydrogen) atoms. The molecule has 2 saturated carbocycles. The summed E-state index contributed by atoms with van der Waals surface area (Å²) in [4.78, 5) is 2.58. The number of ether oxygens (including phenoxy) is 3. The fraction of sp³-hybridized carbons (Fsp3) is 0.909. The van der Waals surface area contributed by atoms with Gasteiger partial charge in [-0.05, 0) is 62.8 Å². The Labute approximate surface area is 159 Å². The van der Waals surface area contributed by atoms with Crippen LogP contribution in [0.1, 0.15) is 52.9 Å². The highest BCUT2D eigenvalue weighted by molar-refractivity contribution is 5.18. The lowest BCUT2D eigenvalue weighted by Crippen LogP contribution is -2.61. The first-order chi connectivity index (χ1) is 12.4. The summed E-state index contributed by atoms with van der Waals surface area (Å²) in [5, 5.41) is 0. The summed E-state index contributed by atoms with van der Waals surface area (Å²) in [5.41, 5.74) is 1.97. The molecule has 2 heterocycles. The van der Waals surface area contributed by atoms with Crippen LogP contribution in [0, 0.1) is 22.7 Å². The van der Waals surface area contributed by atoms with Crippen molar-refractivity contribution in [2.75, 3.05) is 39.5 Å². The van der Waals surface area contributed by atoms with Crippen LogP contribution in [0.15, 0.2) is 12.2 Å². The Morgan fingerprint density at radius 3 is 2.69 bits per heavy atom. The van der Waals surface area contributed by atoms with Crippen LogP contribution in [0.2, 0.25) is 0 Å². The molecule has 0 radical (unpaired) electrons. The van der Waals surface area contributed by atoms with Crippen LogP contribution >= 0.6 is 0 Å². The van der Waals surface area contributed by atoms with Crippen LogP contribution < -0.4 is 0 Å². The summed E-state index contributed by atoms with van der Waals surface area (Å²) in [7, 11) is 0. The van der Waals surface area contributed by atoms with Gasteiger partial charge in [-0.25, -0.2) is 0 Å². The minimum atomic E-state index is -0.0481. The molecular weight excluding hydrogens is 326 g/mol. The van der Waals surface area contributed by atoms with Crippen LogP contribution in [0.25, 0.3) is 0 Å². The molecule has 4 fully saturated rings. The van der Waals surface area contributed by atoms with Gasteiger partial charge in [-0.1, -0.05) is 26.0 Å².